The van der Waals surface area contributed by atoms with E-state index in [4.69, 9.17) is 4.74 Å². The topological polar surface area (TPSA) is 39.4 Å². The predicted molar refractivity (Wildman–Crippen MR) is 60.4 cm³/mol. The number of ether oxygens (including phenoxy) is 1. The summed E-state index contributed by atoms with van der Waals surface area (Å²) in [6.07, 6.45) is 4.01. The molecule has 0 amide bonds. The van der Waals surface area contributed by atoms with E-state index in [0.29, 0.717) is 5.92 Å². The Morgan fingerprint density at radius 2 is 2.50 bits per heavy atom. The lowest BCUT2D eigenvalue weighted by Gasteiger charge is -2.01. The van der Waals surface area contributed by atoms with E-state index >= 15 is 0 Å². The van der Waals surface area contributed by atoms with Gasteiger partial charge < -0.3 is 4.74 Å². The maximum atomic E-state index is 5.36. The van der Waals surface area contributed by atoms with E-state index in [0.717, 1.165) is 37.5 Å². The predicted octanol–water partition coefficient (Wildman–Crippen LogP) is 1.62. The van der Waals surface area contributed by atoms with Crippen LogP contribution in [0.4, 0.5) is 0 Å². The summed E-state index contributed by atoms with van der Waals surface area (Å²) in [4.78, 5) is 4.57. The Balaban J connectivity index is 1.90. The van der Waals surface area contributed by atoms with Gasteiger partial charge in [0.25, 0.3) is 0 Å². The van der Waals surface area contributed by atoms with E-state index in [1.165, 1.54) is 5.56 Å². The molecular weight excluding hydrogens is 202 g/mol. The van der Waals surface area contributed by atoms with Crippen molar-refractivity contribution < 1.29 is 4.74 Å². The number of hydrogen-bond donors (Lipinski definition) is 0. The van der Waals surface area contributed by atoms with E-state index in [1.54, 1.807) is 0 Å². The maximum Gasteiger partial charge on any atom is 0.158 e. The molecular formula is C12H15N3O. The summed E-state index contributed by atoms with van der Waals surface area (Å²) in [5.74, 6) is 1.53. The van der Waals surface area contributed by atoms with E-state index < -0.39 is 0 Å². The molecule has 0 aromatic carbocycles. The monoisotopic (exact) mass is 217 g/mol. The third kappa shape index (κ3) is 1.69. The lowest BCUT2D eigenvalue weighted by Crippen LogP contribution is -2.05. The first-order chi connectivity index (χ1) is 7.83. The Bertz CT molecular complexity index is 500. The van der Waals surface area contributed by atoms with Gasteiger partial charge in [0, 0.05) is 25.8 Å². The van der Waals surface area contributed by atoms with Crippen LogP contribution in [0.5, 0.6) is 0 Å². The van der Waals surface area contributed by atoms with Gasteiger partial charge >= 0.3 is 0 Å². The number of aryl methyl sites for hydroxylation is 1. The Labute approximate surface area is 94.3 Å². The van der Waals surface area contributed by atoms with Gasteiger partial charge in [0.15, 0.2) is 11.5 Å². The van der Waals surface area contributed by atoms with Crippen LogP contribution in [-0.4, -0.2) is 27.8 Å². The smallest absolute Gasteiger partial charge is 0.158 e. The number of aromatic nitrogens is 3. The lowest BCUT2D eigenvalue weighted by molar-refractivity contribution is 0.185. The fourth-order valence-electron chi connectivity index (χ4n) is 2.17. The quantitative estimate of drug-likeness (QED) is 0.767. The van der Waals surface area contributed by atoms with E-state index in [1.807, 2.05) is 16.8 Å². The number of hydrogen-bond acceptors (Lipinski definition) is 3. The number of nitrogens with zero attached hydrogens (tertiary/aromatic N) is 3. The molecule has 0 saturated carbocycles. The van der Waals surface area contributed by atoms with Crippen LogP contribution in [0.25, 0.3) is 5.65 Å². The summed E-state index contributed by atoms with van der Waals surface area (Å²) in [5, 5.41) is 4.49. The van der Waals surface area contributed by atoms with Crippen molar-refractivity contribution in [2.45, 2.75) is 19.8 Å². The molecule has 2 aromatic heterocycles. The Kier molecular flexibility index (Phi) is 2.36. The van der Waals surface area contributed by atoms with Gasteiger partial charge in [0.2, 0.25) is 0 Å². The van der Waals surface area contributed by atoms with Crippen LogP contribution in [0.2, 0.25) is 0 Å². The second-order valence-corrected chi connectivity index (χ2v) is 4.42. The van der Waals surface area contributed by atoms with Gasteiger partial charge in [-0.05, 0) is 30.9 Å². The number of pyridine rings is 1. The molecule has 3 rings (SSSR count). The Hall–Kier alpha value is -1.42. The molecule has 1 aliphatic rings. The average molecular weight is 217 g/mol. The van der Waals surface area contributed by atoms with Crippen LogP contribution in [0.15, 0.2) is 18.3 Å². The van der Waals surface area contributed by atoms with E-state index in [9.17, 15) is 0 Å². The van der Waals surface area contributed by atoms with Crippen LogP contribution in [0.3, 0.4) is 0 Å². The molecule has 0 bridgehead atoms. The van der Waals surface area contributed by atoms with Crippen molar-refractivity contribution in [3.63, 3.8) is 0 Å². The highest BCUT2D eigenvalue weighted by molar-refractivity contribution is 5.45. The molecule has 1 aliphatic heterocycles. The van der Waals surface area contributed by atoms with Crippen molar-refractivity contribution in [2.75, 3.05) is 13.2 Å². The van der Waals surface area contributed by atoms with Crippen LogP contribution in [0, 0.1) is 12.8 Å². The van der Waals surface area contributed by atoms with Gasteiger partial charge in [-0.25, -0.2) is 9.50 Å². The molecule has 16 heavy (non-hydrogen) atoms. The summed E-state index contributed by atoms with van der Waals surface area (Å²) < 4.78 is 7.23. The Morgan fingerprint density at radius 3 is 3.25 bits per heavy atom. The molecule has 1 saturated heterocycles. The first-order valence-corrected chi connectivity index (χ1v) is 5.71. The molecule has 1 fully saturated rings. The zero-order chi connectivity index (χ0) is 11.0. The van der Waals surface area contributed by atoms with Crippen LogP contribution >= 0.6 is 0 Å². The summed E-state index contributed by atoms with van der Waals surface area (Å²) in [6.45, 7) is 3.80. The third-order valence-corrected chi connectivity index (χ3v) is 3.10. The number of fused-ring (bicyclic) bond motifs is 1. The summed E-state index contributed by atoms with van der Waals surface area (Å²) >= 11 is 0. The number of rotatable bonds is 2. The molecule has 2 aromatic rings. The fraction of sp³-hybridized carbons (Fsp3) is 0.500. The van der Waals surface area contributed by atoms with Gasteiger partial charge in [-0.3, -0.25) is 0 Å². The zero-order valence-electron chi connectivity index (χ0n) is 9.39. The van der Waals surface area contributed by atoms with Crippen molar-refractivity contribution in [1.82, 2.24) is 14.6 Å². The minimum atomic E-state index is 0.595. The third-order valence-electron chi connectivity index (χ3n) is 3.10. The minimum Gasteiger partial charge on any atom is -0.381 e. The fourth-order valence-corrected chi connectivity index (χ4v) is 2.17. The summed E-state index contributed by atoms with van der Waals surface area (Å²) in [6, 6.07) is 4.06. The van der Waals surface area contributed by atoms with Crippen LogP contribution in [0.1, 0.15) is 17.8 Å². The summed E-state index contributed by atoms with van der Waals surface area (Å²) in [7, 11) is 0. The molecule has 4 nitrogen and oxygen atoms in total. The highest BCUT2D eigenvalue weighted by atomic mass is 16.5. The van der Waals surface area contributed by atoms with Gasteiger partial charge in [0.1, 0.15) is 0 Å². The summed E-state index contributed by atoms with van der Waals surface area (Å²) in [5.41, 5.74) is 2.14. The van der Waals surface area contributed by atoms with Crippen molar-refractivity contribution >= 4 is 5.65 Å². The van der Waals surface area contributed by atoms with Gasteiger partial charge in [-0.15, -0.1) is 0 Å². The SMILES string of the molecule is Cc1cccn2nc(CC3CCOC3)nc12. The van der Waals surface area contributed by atoms with Gasteiger partial charge in [-0.2, -0.15) is 5.10 Å². The standard InChI is InChI=1S/C12H15N3O/c1-9-3-2-5-15-12(9)13-11(14-15)7-10-4-6-16-8-10/h2-3,5,10H,4,6-8H2,1H3. The molecule has 4 heteroatoms. The highest BCUT2D eigenvalue weighted by Gasteiger charge is 2.18. The van der Waals surface area contributed by atoms with Crippen molar-refractivity contribution in [2.24, 2.45) is 5.92 Å². The largest absolute Gasteiger partial charge is 0.381 e. The van der Waals surface area contributed by atoms with Crippen LogP contribution < -0.4 is 0 Å². The molecule has 0 N–H and O–H groups in total. The van der Waals surface area contributed by atoms with Gasteiger partial charge in [-0.1, -0.05) is 6.07 Å². The highest BCUT2D eigenvalue weighted by Crippen LogP contribution is 2.17. The van der Waals surface area contributed by atoms with Crippen LogP contribution in [-0.2, 0) is 11.2 Å². The molecule has 1 atom stereocenters. The van der Waals surface area contributed by atoms with Crippen molar-refractivity contribution in [3.05, 3.63) is 29.7 Å². The molecule has 3 heterocycles. The molecule has 0 spiro atoms. The van der Waals surface area contributed by atoms with Gasteiger partial charge in [0.05, 0.1) is 0 Å². The van der Waals surface area contributed by atoms with E-state index in [-0.39, 0.29) is 0 Å². The molecule has 0 radical (unpaired) electrons. The molecule has 84 valence electrons. The first-order valence-electron chi connectivity index (χ1n) is 5.71. The second kappa shape index (κ2) is 3.87. The average Bonchev–Trinajstić information content (AvgIpc) is 2.88. The Morgan fingerprint density at radius 1 is 1.56 bits per heavy atom. The lowest BCUT2D eigenvalue weighted by atomic mass is 10.1. The molecule has 0 aliphatic carbocycles. The van der Waals surface area contributed by atoms with Crippen molar-refractivity contribution in [3.8, 4) is 0 Å². The minimum absolute atomic E-state index is 0.595. The molecule has 1 unspecified atom stereocenters. The maximum absolute atomic E-state index is 5.36. The first kappa shape index (κ1) is 9.78. The normalized spacial score (nSPS) is 20.7. The second-order valence-electron chi connectivity index (χ2n) is 4.42. The van der Waals surface area contributed by atoms with Crippen molar-refractivity contribution in [1.29, 1.82) is 0 Å². The van der Waals surface area contributed by atoms with E-state index in [2.05, 4.69) is 23.1 Å². The zero-order valence-corrected chi connectivity index (χ0v) is 9.39.